The van der Waals surface area contributed by atoms with E-state index in [1.165, 1.54) is 31.2 Å². The summed E-state index contributed by atoms with van der Waals surface area (Å²) in [4.78, 5) is 30.6. The highest BCUT2D eigenvalue weighted by atomic mass is 79.9. The topological polar surface area (TPSA) is 148 Å². The molecule has 13 heteroatoms. The molecule has 1 rings (SSSR count). The fourth-order valence-corrected chi connectivity index (χ4v) is 1.70. The van der Waals surface area contributed by atoms with Crippen molar-refractivity contribution in [2.45, 2.75) is 22.9 Å². The molecule has 0 saturated carbocycles. The number of esters is 1. The molecule has 0 aliphatic rings. The number of carbonyl (C=O) groups is 1. The van der Waals surface area contributed by atoms with Crippen LogP contribution in [0.15, 0.2) is 24.3 Å². The molecule has 0 fully saturated rings. The van der Waals surface area contributed by atoms with Gasteiger partial charge in [0.1, 0.15) is 11.1 Å². The highest BCUT2D eigenvalue weighted by molar-refractivity contribution is 9.12. The summed E-state index contributed by atoms with van der Waals surface area (Å²) in [7, 11) is -1.83. The van der Waals surface area contributed by atoms with E-state index in [0.29, 0.717) is 5.56 Å². The summed E-state index contributed by atoms with van der Waals surface area (Å²) in [6.45, 7) is 1.38. The monoisotopic (exact) mass is 520 g/mol. The van der Waals surface area contributed by atoms with Crippen LogP contribution in [0.3, 0.4) is 0 Å². The van der Waals surface area contributed by atoms with Crippen molar-refractivity contribution in [1.29, 1.82) is 0 Å². The molecule has 1 aromatic carbocycles. The van der Waals surface area contributed by atoms with Crippen molar-refractivity contribution in [2.75, 3.05) is 14.2 Å². The molecule has 0 aliphatic carbocycles. The number of rotatable bonds is 7. The third-order valence-corrected chi connectivity index (χ3v) is 5.88. The van der Waals surface area contributed by atoms with Crippen LogP contribution in [0.25, 0.3) is 0 Å². The van der Waals surface area contributed by atoms with Crippen LogP contribution in [-0.4, -0.2) is 39.6 Å². The van der Waals surface area contributed by atoms with Crippen LogP contribution in [0.5, 0.6) is 0 Å². The number of carbonyl (C=O) groups excluding carboxylic acids is 1. The maximum atomic E-state index is 11.6. The third kappa shape index (κ3) is 9.72. The number of non-ortho nitro benzene ring substituents is 1. The van der Waals surface area contributed by atoms with Gasteiger partial charge in [0, 0.05) is 26.4 Å². The predicted octanol–water partition coefficient (Wildman–Crippen LogP) is 2.25. The minimum absolute atomic E-state index is 0.0258. The average molecular weight is 522 g/mol. The van der Waals surface area contributed by atoms with Gasteiger partial charge in [-0.1, -0.05) is 31.9 Å². The molecule has 2 atom stereocenters. The Balaban J connectivity index is 0.000000758. The molecule has 1 N–H and O–H groups in total. The van der Waals surface area contributed by atoms with Crippen LogP contribution >= 0.6 is 39.7 Å². The zero-order chi connectivity index (χ0) is 20.5. The summed E-state index contributed by atoms with van der Waals surface area (Å²) in [5.74, 6) is -0.639. The van der Waals surface area contributed by atoms with Crippen LogP contribution in [0.4, 0.5) is 5.69 Å². The number of hydrogen-bond acceptors (Lipinski definition) is 9. The molecule has 10 nitrogen and oxygen atoms in total. The summed E-state index contributed by atoms with van der Waals surface area (Å²) in [6, 6.07) is 5.66. The van der Waals surface area contributed by atoms with Crippen molar-refractivity contribution in [2.24, 2.45) is 0 Å². The lowest BCUT2D eigenvalue weighted by Crippen LogP contribution is -2.35. The average Bonchev–Trinajstić information content (AvgIpc) is 2.59. The first kappa shape index (κ1) is 25.1. The van der Waals surface area contributed by atoms with Gasteiger partial charge in [-0.05, 0) is 24.6 Å². The van der Waals surface area contributed by atoms with Gasteiger partial charge in [-0.2, -0.15) is 0 Å². The fourth-order valence-electron chi connectivity index (χ4n) is 1.23. The normalized spacial score (nSPS) is 14.4. The van der Waals surface area contributed by atoms with Crippen molar-refractivity contribution in [3.63, 3.8) is 0 Å². The van der Waals surface area contributed by atoms with E-state index in [0.717, 1.165) is 14.2 Å². The lowest BCUT2D eigenvalue weighted by molar-refractivity contribution is -0.384. The van der Waals surface area contributed by atoms with Crippen LogP contribution < -0.4 is 4.89 Å². The highest BCUT2D eigenvalue weighted by Crippen LogP contribution is 2.34. The second kappa shape index (κ2) is 11.1. The first-order chi connectivity index (χ1) is 11.8. The van der Waals surface area contributed by atoms with Crippen molar-refractivity contribution < 1.29 is 38.1 Å². The van der Waals surface area contributed by atoms with Crippen LogP contribution in [0.1, 0.15) is 12.5 Å². The van der Waals surface area contributed by atoms with Crippen molar-refractivity contribution in [3.05, 3.63) is 39.9 Å². The number of ether oxygens (including phenoxy) is 1. The molecule has 2 unspecified atom stereocenters. The Kier molecular flexibility index (Phi) is 10.7. The number of nitro benzene ring substituents is 1. The van der Waals surface area contributed by atoms with Crippen LogP contribution in [-0.2, 0) is 29.8 Å². The highest BCUT2D eigenvalue weighted by Gasteiger charge is 2.34. The standard InChI is InChI=1S/C11H11Br2NO5.C2H7O4P/c1-11(13,16)9(12)10(15)19-6-7-2-4-8(5-3-7)14(17)18;1-5-7(3,4)6-2/h2-5,9,16H,6H2,1H3;1-2H3,(H,3,4)/p-1. The smallest absolute Gasteiger partial charge is 0.323 e. The minimum Gasteiger partial charge on any atom is -0.756 e. The molecular weight excluding hydrogens is 505 g/mol. The number of aliphatic hydroxyl groups is 1. The maximum Gasteiger partial charge on any atom is 0.323 e. The zero-order valence-corrected chi connectivity index (χ0v) is 18.0. The van der Waals surface area contributed by atoms with Gasteiger partial charge in [0.25, 0.3) is 13.5 Å². The van der Waals surface area contributed by atoms with E-state index in [-0.39, 0.29) is 12.3 Å². The molecule has 0 bridgehead atoms. The van der Waals surface area contributed by atoms with E-state index >= 15 is 0 Å². The number of phosphoric ester groups is 1. The van der Waals surface area contributed by atoms with E-state index in [4.69, 9.17) is 4.74 Å². The van der Waals surface area contributed by atoms with Crippen LogP contribution in [0, 0.1) is 10.1 Å². The quantitative estimate of drug-likeness (QED) is 0.187. The van der Waals surface area contributed by atoms with E-state index < -0.39 is 28.1 Å². The van der Waals surface area contributed by atoms with E-state index in [9.17, 15) is 29.5 Å². The van der Waals surface area contributed by atoms with Crippen molar-refractivity contribution in [3.8, 4) is 0 Å². The van der Waals surface area contributed by atoms with Gasteiger partial charge in [-0.25, -0.2) is 0 Å². The lowest BCUT2D eigenvalue weighted by Gasteiger charge is -2.20. The Morgan fingerprint density at radius 2 is 1.81 bits per heavy atom. The molecular formula is C13H17Br2NO9P-. The summed E-state index contributed by atoms with van der Waals surface area (Å²) in [5.41, 5.74) is 0.588. The van der Waals surface area contributed by atoms with Crippen molar-refractivity contribution in [1.82, 2.24) is 0 Å². The zero-order valence-electron chi connectivity index (χ0n) is 14.0. The number of hydrogen-bond donors (Lipinski definition) is 1. The molecule has 0 aromatic heterocycles. The predicted molar refractivity (Wildman–Crippen MR) is 96.8 cm³/mol. The second-order valence-electron chi connectivity index (χ2n) is 4.73. The summed E-state index contributed by atoms with van der Waals surface area (Å²) in [6.07, 6.45) is 0. The van der Waals surface area contributed by atoms with E-state index in [1.54, 1.807) is 0 Å². The number of phosphoric acid groups is 1. The lowest BCUT2D eigenvalue weighted by atomic mass is 10.2. The second-order valence-corrected chi connectivity index (χ2v) is 8.88. The third-order valence-electron chi connectivity index (χ3n) is 2.64. The number of alkyl halides is 2. The number of nitrogens with zero attached hydrogens (tertiary/aromatic N) is 1. The summed E-state index contributed by atoms with van der Waals surface area (Å²) < 4.78 is 21.2. The van der Waals surface area contributed by atoms with Gasteiger partial charge in [0.2, 0.25) is 0 Å². The van der Waals surface area contributed by atoms with Gasteiger partial charge in [0.05, 0.1) is 4.92 Å². The molecule has 0 saturated heterocycles. The first-order valence-corrected chi connectivity index (χ1v) is 9.88. The largest absolute Gasteiger partial charge is 0.756 e. The van der Waals surface area contributed by atoms with E-state index in [2.05, 4.69) is 40.9 Å². The molecule has 0 radical (unpaired) electrons. The maximum absolute atomic E-state index is 11.6. The SMILES string of the molecule is CC(O)(Br)C(Br)C(=O)OCc1ccc([N+](=O)[O-])cc1.COP(=O)([O-])OC. The fraction of sp³-hybridized carbons (Fsp3) is 0.462. The molecule has 0 aliphatic heterocycles. The number of benzene rings is 1. The van der Waals surface area contributed by atoms with E-state index in [1.807, 2.05) is 0 Å². The molecule has 1 aromatic rings. The Hall–Kier alpha value is -0.880. The Bertz CT molecular complexity index is 640. The summed E-state index contributed by atoms with van der Waals surface area (Å²) >= 11 is 5.94. The molecule has 148 valence electrons. The van der Waals surface area contributed by atoms with Gasteiger partial charge in [-0.15, -0.1) is 0 Å². The molecule has 0 spiro atoms. The van der Waals surface area contributed by atoms with Gasteiger partial charge < -0.3 is 23.8 Å². The minimum atomic E-state index is -3.90. The van der Waals surface area contributed by atoms with Gasteiger partial charge in [-0.3, -0.25) is 19.5 Å². The van der Waals surface area contributed by atoms with Crippen LogP contribution in [0.2, 0.25) is 0 Å². The summed E-state index contributed by atoms with van der Waals surface area (Å²) in [5, 5.41) is 20.0. The van der Waals surface area contributed by atoms with Crippen molar-refractivity contribution >= 4 is 51.3 Å². The Labute approximate surface area is 166 Å². The Morgan fingerprint density at radius 3 is 2.12 bits per heavy atom. The molecule has 0 amide bonds. The number of nitro groups is 1. The first-order valence-electron chi connectivity index (χ1n) is 6.72. The van der Waals surface area contributed by atoms with Gasteiger partial charge >= 0.3 is 5.97 Å². The Morgan fingerprint density at radius 1 is 1.35 bits per heavy atom. The number of halogens is 2. The molecule has 26 heavy (non-hydrogen) atoms. The molecule has 0 heterocycles. The van der Waals surface area contributed by atoms with Gasteiger partial charge in [0.15, 0.2) is 4.83 Å².